The van der Waals surface area contributed by atoms with Crippen molar-refractivity contribution in [3.63, 3.8) is 0 Å². The van der Waals surface area contributed by atoms with Crippen molar-refractivity contribution in [1.82, 2.24) is 10.2 Å². The molecule has 0 aromatic heterocycles. The first-order valence-corrected chi connectivity index (χ1v) is 6.47. The van der Waals surface area contributed by atoms with E-state index in [-0.39, 0.29) is 6.23 Å². The molecule has 1 aliphatic heterocycles. The lowest BCUT2D eigenvalue weighted by molar-refractivity contribution is 0.0247. The second-order valence-corrected chi connectivity index (χ2v) is 5.67. The Hall–Kier alpha value is 0.360. The maximum Gasteiger partial charge on any atom is 0.117 e. The van der Waals surface area contributed by atoms with E-state index in [0.717, 1.165) is 24.5 Å². The summed E-state index contributed by atoms with van der Waals surface area (Å²) in [5.74, 6) is 0. The summed E-state index contributed by atoms with van der Waals surface area (Å²) >= 11 is 3.67. The maximum atomic E-state index is 9.50. The predicted octanol–water partition coefficient (Wildman–Crippen LogP) is 0.916. The third kappa shape index (κ3) is 2.69. The lowest BCUT2D eigenvalue weighted by Gasteiger charge is -2.39. The van der Waals surface area contributed by atoms with Gasteiger partial charge in [-0.25, -0.2) is 0 Å². The molecule has 0 aromatic rings. The number of nitrogens with zero attached hydrogens (tertiary/aromatic N) is 1. The van der Waals surface area contributed by atoms with Crippen molar-refractivity contribution < 1.29 is 5.11 Å². The Kier molecular flexibility index (Phi) is 3.82. The Bertz CT molecular complexity index is 183. The Balaban J connectivity index is 1.82. The molecule has 1 saturated carbocycles. The minimum atomic E-state index is -0.314. The van der Waals surface area contributed by atoms with Crippen LogP contribution in [0.15, 0.2) is 0 Å². The fraction of sp³-hybridized carbons (Fsp3) is 1.00. The van der Waals surface area contributed by atoms with Crippen molar-refractivity contribution in [1.29, 1.82) is 0 Å². The number of piperazine rings is 1. The molecular weight excluding hydrogens is 244 g/mol. The molecule has 2 aliphatic rings. The molecule has 0 spiro atoms. The number of alkyl halides is 1. The molecule has 1 heterocycles. The van der Waals surface area contributed by atoms with E-state index < -0.39 is 0 Å². The van der Waals surface area contributed by atoms with Crippen LogP contribution in [0.25, 0.3) is 0 Å². The molecule has 14 heavy (non-hydrogen) atoms. The molecular formula is C10H19BrN2O. The van der Waals surface area contributed by atoms with Gasteiger partial charge in [0.15, 0.2) is 0 Å². The van der Waals surface area contributed by atoms with E-state index in [1.807, 2.05) is 0 Å². The average molecular weight is 263 g/mol. The van der Waals surface area contributed by atoms with Crippen LogP contribution in [0, 0.1) is 0 Å². The monoisotopic (exact) mass is 262 g/mol. The van der Waals surface area contributed by atoms with E-state index in [1.54, 1.807) is 0 Å². The molecule has 0 bridgehead atoms. The largest absolute Gasteiger partial charge is 0.377 e. The highest BCUT2D eigenvalue weighted by atomic mass is 79.9. The molecule has 4 heteroatoms. The number of halogens is 1. The average Bonchev–Trinajstić information content (AvgIpc) is 2.19. The van der Waals surface area contributed by atoms with Gasteiger partial charge >= 0.3 is 0 Å². The van der Waals surface area contributed by atoms with Crippen molar-refractivity contribution in [3.05, 3.63) is 0 Å². The summed E-state index contributed by atoms with van der Waals surface area (Å²) in [5, 5.41) is 12.6. The molecule has 0 amide bonds. The Morgan fingerprint density at radius 1 is 1.21 bits per heavy atom. The number of hydrogen-bond acceptors (Lipinski definition) is 3. The van der Waals surface area contributed by atoms with Gasteiger partial charge in [0, 0.05) is 30.5 Å². The number of aliphatic hydroxyl groups excluding tert-OH is 1. The van der Waals surface area contributed by atoms with Crippen LogP contribution in [0.2, 0.25) is 0 Å². The second-order valence-electron chi connectivity index (χ2n) is 4.37. The van der Waals surface area contributed by atoms with Crippen LogP contribution in [0.4, 0.5) is 0 Å². The van der Waals surface area contributed by atoms with Crippen molar-refractivity contribution in [2.75, 3.05) is 19.6 Å². The summed E-state index contributed by atoms with van der Waals surface area (Å²) in [6.07, 6.45) is 4.81. The molecule has 82 valence electrons. The molecule has 2 rings (SSSR count). The molecule has 2 fully saturated rings. The van der Waals surface area contributed by atoms with Gasteiger partial charge in [0.2, 0.25) is 0 Å². The second kappa shape index (κ2) is 4.92. The SMILES string of the molecule is OC1CN(C2CCC(Br)CC2)CCN1. The van der Waals surface area contributed by atoms with Crippen molar-refractivity contribution >= 4 is 15.9 Å². The maximum absolute atomic E-state index is 9.50. The first-order valence-electron chi connectivity index (χ1n) is 5.55. The number of hydrogen-bond donors (Lipinski definition) is 2. The summed E-state index contributed by atoms with van der Waals surface area (Å²) in [4.78, 5) is 3.17. The summed E-state index contributed by atoms with van der Waals surface area (Å²) in [5.41, 5.74) is 0. The molecule has 1 aliphatic carbocycles. The fourth-order valence-corrected chi connectivity index (χ4v) is 3.01. The van der Waals surface area contributed by atoms with Gasteiger partial charge in [0.1, 0.15) is 6.23 Å². The number of rotatable bonds is 1. The van der Waals surface area contributed by atoms with Gasteiger partial charge in [-0.15, -0.1) is 0 Å². The Morgan fingerprint density at radius 2 is 1.93 bits per heavy atom. The zero-order valence-electron chi connectivity index (χ0n) is 8.45. The van der Waals surface area contributed by atoms with Crippen LogP contribution < -0.4 is 5.32 Å². The molecule has 1 unspecified atom stereocenters. The minimum Gasteiger partial charge on any atom is -0.377 e. The van der Waals surface area contributed by atoms with Crippen LogP contribution >= 0.6 is 15.9 Å². The van der Waals surface area contributed by atoms with Crippen LogP contribution in [-0.4, -0.2) is 46.7 Å². The Labute approximate surface area is 94.0 Å². The van der Waals surface area contributed by atoms with E-state index in [4.69, 9.17) is 0 Å². The topological polar surface area (TPSA) is 35.5 Å². The zero-order chi connectivity index (χ0) is 9.97. The lowest BCUT2D eigenvalue weighted by atomic mass is 9.93. The first-order chi connectivity index (χ1) is 6.75. The molecule has 2 N–H and O–H groups in total. The highest BCUT2D eigenvalue weighted by molar-refractivity contribution is 9.09. The van der Waals surface area contributed by atoms with Gasteiger partial charge in [0.05, 0.1) is 0 Å². The standard InChI is InChI=1S/C10H19BrN2O/c11-8-1-3-9(4-2-8)13-6-5-12-10(14)7-13/h8-10,12,14H,1-7H2. The number of β-amino-alcohol motifs (C(OH)–C–C–N with tert-alkyl or cyclic N) is 1. The Morgan fingerprint density at radius 3 is 2.57 bits per heavy atom. The van der Waals surface area contributed by atoms with Gasteiger partial charge < -0.3 is 5.11 Å². The quantitative estimate of drug-likeness (QED) is 0.690. The normalized spacial score (nSPS) is 41.1. The zero-order valence-corrected chi connectivity index (χ0v) is 10.0. The van der Waals surface area contributed by atoms with Crippen molar-refractivity contribution in [2.24, 2.45) is 0 Å². The lowest BCUT2D eigenvalue weighted by Crippen LogP contribution is -2.54. The van der Waals surface area contributed by atoms with E-state index in [2.05, 4.69) is 26.1 Å². The first kappa shape index (κ1) is 10.9. The highest BCUT2D eigenvalue weighted by Crippen LogP contribution is 2.27. The molecule has 0 aromatic carbocycles. The third-order valence-corrected chi connectivity index (χ3v) is 4.24. The van der Waals surface area contributed by atoms with Gasteiger partial charge in [0.25, 0.3) is 0 Å². The molecule has 1 saturated heterocycles. The van der Waals surface area contributed by atoms with Crippen LogP contribution in [0.1, 0.15) is 25.7 Å². The van der Waals surface area contributed by atoms with Crippen LogP contribution in [0.5, 0.6) is 0 Å². The highest BCUT2D eigenvalue weighted by Gasteiger charge is 2.27. The van der Waals surface area contributed by atoms with E-state index in [0.29, 0.717) is 6.04 Å². The number of aliphatic hydroxyl groups is 1. The van der Waals surface area contributed by atoms with Gasteiger partial charge in [-0.2, -0.15) is 0 Å². The van der Waals surface area contributed by atoms with Crippen molar-refractivity contribution in [2.45, 2.75) is 42.8 Å². The molecule has 1 atom stereocenters. The van der Waals surface area contributed by atoms with Crippen molar-refractivity contribution in [3.8, 4) is 0 Å². The van der Waals surface area contributed by atoms with Gasteiger partial charge in [-0.05, 0) is 25.7 Å². The third-order valence-electron chi connectivity index (χ3n) is 3.33. The fourth-order valence-electron chi connectivity index (χ4n) is 2.48. The van der Waals surface area contributed by atoms with Crippen LogP contribution in [0.3, 0.4) is 0 Å². The number of nitrogens with one attached hydrogen (secondary N) is 1. The predicted molar refractivity (Wildman–Crippen MR) is 60.6 cm³/mol. The summed E-state index contributed by atoms with van der Waals surface area (Å²) in [6, 6.07) is 0.709. The summed E-state index contributed by atoms with van der Waals surface area (Å²) in [7, 11) is 0. The smallest absolute Gasteiger partial charge is 0.117 e. The van der Waals surface area contributed by atoms with E-state index in [9.17, 15) is 5.11 Å². The summed E-state index contributed by atoms with van der Waals surface area (Å²) < 4.78 is 0. The van der Waals surface area contributed by atoms with E-state index >= 15 is 0 Å². The van der Waals surface area contributed by atoms with Crippen LogP contribution in [-0.2, 0) is 0 Å². The summed E-state index contributed by atoms with van der Waals surface area (Å²) in [6.45, 7) is 2.82. The van der Waals surface area contributed by atoms with E-state index in [1.165, 1.54) is 25.7 Å². The van der Waals surface area contributed by atoms with Gasteiger partial charge in [-0.1, -0.05) is 15.9 Å². The minimum absolute atomic E-state index is 0.314. The van der Waals surface area contributed by atoms with Gasteiger partial charge in [-0.3, -0.25) is 10.2 Å². The molecule has 3 nitrogen and oxygen atoms in total. The molecule has 0 radical (unpaired) electrons.